The predicted octanol–water partition coefficient (Wildman–Crippen LogP) is 5.15. The molecule has 1 N–H and O–H groups in total. The Morgan fingerprint density at radius 3 is 2.16 bits per heavy atom. The van der Waals surface area contributed by atoms with Gasteiger partial charge in [0.15, 0.2) is 0 Å². The molecule has 4 nitrogen and oxygen atoms in total. The van der Waals surface area contributed by atoms with Gasteiger partial charge in [-0.15, -0.1) is 0 Å². The molecule has 2 aromatic carbocycles. The quantitative estimate of drug-likeness (QED) is 0.705. The summed E-state index contributed by atoms with van der Waals surface area (Å²) in [4.78, 5) is 18.0. The lowest BCUT2D eigenvalue weighted by Gasteiger charge is -2.49. The molecule has 1 spiro atoms. The van der Waals surface area contributed by atoms with Crippen molar-refractivity contribution in [2.45, 2.75) is 62.6 Å². The van der Waals surface area contributed by atoms with E-state index in [0.717, 1.165) is 45.3 Å². The first-order chi connectivity index (χ1) is 15.1. The molecule has 2 amide bonds. The van der Waals surface area contributed by atoms with Crippen molar-refractivity contribution in [1.82, 2.24) is 15.1 Å². The molecule has 1 heterocycles. The minimum atomic E-state index is -0.0173. The van der Waals surface area contributed by atoms with E-state index in [1.54, 1.807) is 0 Å². The van der Waals surface area contributed by atoms with E-state index in [-0.39, 0.29) is 17.1 Å². The number of hydrogen-bond donors (Lipinski definition) is 1. The highest BCUT2D eigenvalue weighted by atomic mass is 16.2. The van der Waals surface area contributed by atoms with Crippen LogP contribution in [0, 0.1) is 5.92 Å². The summed E-state index contributed by atoms with van der Waals surface area (Å²) in [6, 6.07) is 21.6. The van der Waals surface area contributed by atoms with Gasteiger partial charge in [0.25, 0.3) is 0 Å². The average Bonchev–Trinajstić information content (AvgIpc) is 3.03. The van der Waals surface area contributed by atoms with Crippen molar-refractivity contribution in [3.05, 3.63) is 71.8 Å². The first kappa shape index (κ1) is 20.6. The molecule has 164 valence electrons. The van der Waals surface area contributed by atoms with E-state index < -0.39 is 0 Å². The second kappa shape index (κ2) is 8.31. The maximum absolute atomic E-state index is 13.6. The molecular weight excluding hydrogens is 382 g/mol. The highest BCUT2D eigenvalue weighted by Gasteiger charge is 2.54. The predicted molar refractivity (Wildman–Crippen MR) is 125 cm³/mol. The lowest BCUT2D eigenvalue weighted by atomic mass is 9.68. The van der Waals surface area contributed by atoms with Crippen molar-refractivity contribution in [2.24, 2.45) is 5.92 Å². The summed E-state index contributed by atoms with van der Waals surface area (Å²) in [5.41, 5.74) is 2.60. The second-order valence-corrected chi connectivity index (χ2v) is 9.95. The minimum absolute atomic E-state index is 0.0173. The third-order valence-corrected chi connectivity index (χ3v) is 8.28. The summed E-state index contributed by atoms with van der Waals surface area (Å²) in [6.45, 7) is 2.53. The molecular formula is C27H35N3O. The minimum Gasteiger partial charge on any atom is -0.318 e. The Bertz CT molecular complexity index is 885. The molecule has 2 aliphatic carbocycles. The summed E-state index contributed by atoms with van der Waals surface area (Å²) in [5.74, 6) is 0.697. The van der Waals surface area contributed by atoms with Crippen LogP contribution < -0.4 is 5.32 Å². The third-order valence-electron chi connectivity index (χ3n) is 8.28. The van der Waals surface area contributed by atoms with Crippen LogP contribution in [0.3, 0.4) is 0 Å². The summed E-state index contributed by atoms with van der Waals surface area (Å²) in [7, 11) is 2.10. The Balaban J connectivity index is 1.38. The van der Waals surface area contributed by atoms with Gasteiger partial charge in [0.05, 0.1) is 5.54 Å². The summed E-state index contributed by atoms with van der Waals surface area (Å²) >= 11 is 0. The van der Waals surface area contributed by atoms with E-state index >= 15 is 0 Å². The van der Waals surface area contributed by atoms with E-state index in [4.69, 9.17) is 0 Å². The van der Waals surface area contributed by atoms with Crippen LogP contribution >= 0.6 is 0 Å². The largest absolute Gasteiger partial charge is 0.320 e. The fourth-order valence-electron chi connectivity index (χ4n) is 6.02. The summed E-state index contributed by atoms with van der Waals surface area (Å²) < 4.78 is 0. The van der Waals surface area contributed by atoms with Crippen molar-refractivity contribution in [1.29, 1.82) is 0 Å². The van der Waals surface area contributed by atoms with Gasteiger partial charge in [-0.2, -0.15) is 0 Å². The second-order valence-electron chi connectivity index (χ2n) is 9.95. The molecule has 2 aromatic rings. The molecule has 1 aliphatic heterocycles. The number of carbonyl (C=O) groups is 1. The molecule has 1 saturated heterocycles. The van der Waals surface area contributed by atoms with Gasteiger partial charge in [-0.1, -0.05) is 67.1 Å². The Hall–Kier alpha value is -2.33. The topological polar surface area (TPSA) is 35.6 Å². The number of carbonyl (C=O) groups excluding carboxylic acids is 1. The monoisotopic (exact) mass is 417 g/mol. The van der Waals surface area contributed by atoms with Crippen LogP contribution in [0.4, 0.5) is 4.79 Å². The van der Waals surface area contributed by atoms with E-state index in [2.05, 4.69) is 76.8 Å². The van der Waals surface area contributed by atoms with Crippen molar-refractivity contribution in [3.8, 4) is 0 Å². The smallest absolute Gasteiger partial charge is 0.318 e. The van der Waals surface area contributed by atoms with Crippen molar-refractivity contribution >= 4 is 6.03 Å². The lowest BCUT2D eigenvalue weighted by molar-refractivity contribution is 0.0584. The van der Waals surface area contributed by atoms with E-state index in [0.29, 0.717) is 5.92 Å². The van der Waals surface area contributed by atoms with Gasteiger partial charge in [-0.25, -0.2) is 4.79 Å². The van der Waals surface area contributed by atoms with E-state index in [1.165, 1.54) is 30.4 Å². The molecule has 0 bridgehead atoms. The molecule has 3 aliphatic rings. The van der Waals surface area contributed by atoms with Crippen LogP contribution in [-0.4, -0.2) is 41.5 Å². The first-order valence-electron chi connectivity index (χ1n) is 12.0. The van der Waals surface area contributed by atoms with E-state index in [9.17, 15) is 4.79 Å². The number of hydrogen-bond acceptors (Lipinski definition) is 2. The van der Waals surface area contributed by atoms with Gasteiger partial charge in [-0.05, 0) is 62.6 Å². The number of nitrogens with one attached hydrogen (secondary N) is 1. The summed E-state index contributed by atoms with van der Waals surface area (Å²) in [5, 5.41) is 3.66. The standard InChI is InChI=1S/C27H35N3O/c1-28-27(24-13-6-3-7-14-24)17-15-26(16-18-27)21-29(19-22-9-4-2-5-10-22)25(31)30(26)20-23-11-8-12-23/h2-7,9-10,13-14,23,28H,8,11-12,15-21H2,1H3/t26-,27+. The normalized spacial score (nSPS) is 28.9. The lowest BCUT2D eigenvalue weighted by Crippen LogP contribution is -2.56. The Kier molecular flexibility index (Phi) is 5.51. The molecule has 0 unspecified atom stereocenters. The zero-order valence-corrected chi connectivity index (χ0v) is 18.7. The number of amides is 2. The first-order valence-corrected chi connectivity index (χ1v) is 12.0. The Morgan fingerprint density at radius 1 is 0.935 bits per heavy atom. The molecule has 2 saturated carbocycles. The van der Waals surface area contributed by atoms with Crippen molar-refractivity contribution < 1.29 is 4.79 Å². The molecule has 3 fully saturated rings. The average molecular weight is 418 g/mol. The summed E-state index contributed by atoms with van der Waals surface area (Å²) in [6.07, 6.45) is 8.15. The van der Waals surface area contributed by atoms with Crippen molar-refractivity contribution in [2.75, 3.05) is 20.1 Å². The zero-order chi connectivity index (χ0) is 21.3. The highest BCUT2D eigenvalue weighted by Crippen LogP contribution is 2.47. The van der Waals surface area contributed by atoms with Gasteiger partial charge >= 0.3 is 6.03 Å². The molecule has 0 atom stereocenters. The number of nitrogens with zero attached hydrogens (tertiary/aromatic N) is 2. The van der Waals surface area contributed by atoms with Crippen LogP contribution in [-0.2, 0) is 12.1 Å². The SMILES string of the molecule is CN[C@]1(c2ccccc2)CC[C@]2(CC1)CN(Cc1ccccc1)C(=O)N2CC1CCC1. The van der Waals surface area contributed by atoms with Crippen LogP contribution in [0.1, 0.15) is 56.1 Å². The number of rotatable bonds is 6. The van der Waals surface area contributed by atoms with Crippen LogP contribution in [0.15, 0.2) is 60.7 Å². The van der Waals surface area contributed by atoms with Crippen molar-refractivity contribution in [3.63, 3.8) is 0 Å². The highest BCUT2D eigenvalue weighted by molar-refractivity contribution is 5.78. The molecule has 0 aromatic heterocycles. The molecule has 5 rings (SSSR count). The van der Waals surface area contributed by atoms with Crippen LogP contribution in [0.25, 0.3) is 0 Å². The Morgan fingerprint density at radius 2 is 1.58 bits per heavy atom. The van der Waals surface area contributed by atoms with Gasteiger partial charge in [0, 0.05) is 25.2 Å². The Labute approximate surface area is 186 Å². The van der Waals surface area contributed by atoms with Gasteiger partial charge < -0.3 is 15.1 Å². The maximum Gasteiger partial charge on any atom is 0.320 e. The van der Waals surface area contributed by atoms with Gasteiger partial charge in [0.2, 0.25) is 0 Å². The van der Waals surface area contributed by atoms with Gasteiger partial charge in [0.1, 0.15) is 0 Å². The number of urea groups is 1. The maximum atomic E-state index is 13.6. The third kappa shape index (κ3) is 3.76. The van der Waals surface area contributed by atoms with Gasteiger partial charge in [-0.3, -0.25) is 0 Å². The van der Waals surface area contributed by atoms with E-state index in [1.807, 2.05) is 6.07 Å². The molecule has 4 heteroatoms. The number of benzene rings is 2. The fourth-order valence-corrected chi connectivity index (χ4v) is 6.02. The fraction of sp³-hybridized carbons (Fsp3) is 0.519. The molecule has 31 heavy (non-hydrogen) atoms. The zero-order valence-electron chi connectivity index (χ0n) is 18.7. The van der Waals surface area contributed by atoms with Crippen LogP contribution in [0.5, 0.6) is 0 Å². The molecule has 0 radical (unpaired) electrons. The van der Waals surface area contributed by atoms with Crippen LogP contribution in [0.2, 0.25) is 0 Å².